The van der Waals surface area contributed by atoms with Crippen LogP contribution in [-0.2, 0) is 0 Å². The predicted octanol–water partition coefficient (Wildman–Crippen LogP) is 4.85. The fourth-order valence-electron chi connectivity index (χ4n) is 4.05. The van der Waals surface area contributed by atoms with Gasteiger partial charge in [-0.2, -0.15) is 5.26 Å². The van der Waals surface area contributed by atoms with Gasteiger partial charge in [-0.3, -0.25) is 4.90 Å². The summed E-state index contributed by atoms with van der Waals surface area (Å²) in [5.41, 5.74) is 0.422. The lowest BCUT2D eigenvalue weighted by atomic mass is 9.66. The molecular formula is C19H34N2. The Kier molecular flexibility index (Phi) is 5.36. The van der Waals surface area contributed by atoms with Crippen molar-refractivity contribution in [3.05, 3.63) is 0 Å². The molecule has 2 aliphatic carbocycles. The molecule has 120 valence electrons. The Bertz CT molecular complexity index is 376. The molecule has 2 fully saturated rings. The molecule has 0 aromatic carbocycles. The van der Waals surface area contributed by atoms with Gasteiger partial charge in [0.2, 0.25) is 0 Å². The van der Waals surface area contributed by atoms with E-state index in [1.165, 1.54) is 38.6 Å². The lowest BCUT2D eigenvalue weighted by Gasteiger charge is -2.46. The van der Waals surface area contributed by atoms with Crippen LogP contribution in [-0.4, -0.2) is 23.5 Å². The summed E-state index contributed by atoms with van der Waals surface area (Å²) in [6.45, 7) is 13.0. The van der Waals surface area contributed by atoms with Crippen LogP contribution in [0.2, 0.25) is 0 Å². The normalized spacial score (nSPS) is 30.7. The van der Waals surface area contributed by atoms with E-state index >= 15 is 0 Å². The number of hydrogen-bond donors (Lipinski definition) is 0. The fourth-order valence-corrected chi connectivity index (χ4v) is 4.05. The van der Waals surface area contributed by atoms with Crippen molar-refractivity contribution in [2.24, 2.45) is 23.2 Å². The third kappa shape index (κ3) is 4.01. The quantitative estimate of drug-likeness (QED) is 0.699. The SMILES string of the molecule is CCC(C)(C)C1CCC(C#N)C(N(CC(C)C)C2CC2)C1. The van der Waals surface area contributed by atoms with Gasteiger partial charge in [-0.05, 0) is 49.4 Å². The highest BCUT2D eigenvalue weighted by atomic mass is 15.2. The lowest BCUT2D eigenvalue weighted by molar-refractivity contribution is 0.0409. The molecule has 0 radical (unpaired) electrons. The zero-order chi connectivity index (χ0) is 15.6. The number of nitrogens with zero attached hydrogens (tertiary/aromatic N) is 2. The Morgan fingerprint density at radius 2 is 1.86 bits per heavy atom. The molecule has 3 atom stereocenters. The van der Waals surface area contributed by atoms with E-state index in [2.05, 4.69) is 45.6 Å². The maximum Gasteiger partial charge on any atom is 0.0672 e. The molecule has 0 aromatic heterocycles. The maximum absolute atomic E-state index is 9.62. The van der Waals surface area contributed by atoms with E-state index in [1.807, 2.05) is 0 Å². The fraction of sp³-hybridized carbons (Fsp3) is 0.947. The summed E-state index contributed by atoms with van der Waals surface area (Å²) in [4.78, 5) is 2.72. The van der Waals surface area contributed by atoms with Gasteiger partial charge in [0.05, 0.1) is 12.0 Å². The topological polar surface area (TPSA) is 27.0 Å². The summed E-state index contributed by atoms with van der Waals surface area (Å²) >= 11 is 0. The smallest absolute Gasteiger partial charge is 0.0672 e. The predicted molar refractivity (Wildman–Crippen MR) is 88.9 cm³/mol. The molecule has 0 N–H and O–H groups in total. The van der Waals surface area contributed by atoms with Crippen LogP contribution >= 0.6 is 0 Å². The second kappa shape index (κ2) is 6.69. The summed E-state index contributed by atoms with van der Waals surface area (Å²) in [7, 11) is 0. The van der Waals surface area contributed by atoms with Crippen molar-refractivity contribution in [2.75, 3.05) is 6.54 Å². The number of rotatable bonds is 6. The monoisotopic (exact) mass is 290 g/mol. The maximum atomic E-state index is 9.62. The largest absolute Gasteiger partial charge is 0.296 e. The summed E-state index contributed by atoms with van der Waals surface area (Å²) in [5, 5.41) is 9.62. The van der Waals surface area contributed by atoms with Crippen molar-refractivity contribution in [1.82, 2.24) is 4.90 Å². The highest BCUT2D eigenvalue weighted by Gasteiger charge is 2.43. The molecule has 0 amide bonds. The zero-order valence-corrected chi connectivity index (χ0v) is 14.7. The van der Waals surface area contributed by atoms with Gasteiger partial charge in [0.15, 0.2) is 0 Å². The molecule has 2 rings (SSSR count). The third-order valence-corrected chi connectivity index (χ3v) is 6.02. The van der Waals surface area contributed by atoms with Crippen LogP contribution in [0, 0.1) is 34.5 Å². The first-order valence-electron chi connectivity index (χ1n) is 9.04. The van der Waals surface area contributed by atoms with Crippen LogP contribution < -0.4 is 0 Å². The van der Waals surface area contributed by atoms with Crippen molar-refractivity contribution in [3.63, 3.8) is 0 Å². The molecular weight excluding hydrogens is 256 g/mol. The minimum Gasteiger partial charge on any atom is -0.296 e. The molecule has 21 heavy (non-hydrogen) atoms. The van der Waals surface area contributed by atoms with Gasteiger partial charge in [0, 0.05) is 18.6 Å². The van der Waals surface area contributed by atoms with E-state index in [0.29, 0.717) is 17.4 Å². The van der Waals surface area contributed by atoms with Crippen molar-refractivity contribution < 1.29 is 0 Å². The highest BCUT2D eigenvalue weighted by molar-refractivity contribution is 5.02. The van der Waals surface area contributed by atoms with Crippen molar-refractivity contribution in [1.29, 1.82) is 5.26 Å². The third-order valence-electron chi connectivity index (χ3n) is 6.02. The van der Waals surface area contributed by atoms with Gasteiger partial charge in [-0.15, -0.1) is 0 Å². The molecule has 0 heterocycles. The molecule has 0 aromatic rings. The van der Waals surface area contributed by atoms with Gasteiger partial charge >= 0.3 is 0 Å². The molecule has 2 saturated carbocycles. The van der Waals surface area contributed by atoms with Crippen LogP contribution in [0.3, 0.4) is 0 Å². The van der Waals surface area contributed by atoms with E-state index in [4.69, 9.17) is 0 Å². The number of nitriles is 1. The zero-order valence-electron chi connectivity index (χ0n) is 14.7. The summed E-state index contributed by atoms with van der Waals surface area (Å²) < 4.78 is 0. The minimum absolute atomic E-state index is 0.258. The minimum atomic E-state index is 0.258. The first-order valence-corrected chi connectivity index (χ1v) is 9.04. The van der Waals surface area contributed by atoms with Gasteiger partial charge in [-0.1, -0.05) is 41.0 Å². The van der Waals surface area contributed by atoms with E-state index in [9.17, 15) is 5.26 Å². The molecule has 2 nitrogen and oxygen atoms in total. The Hall–Kier alpha value is -0.550. The Morgan fingerprint density at radius 1 is 1.19 bits per heavy atom. The second-order valence-corrected chi connectivity index (χ2v) is 8.48. The van der Waals surface area contributed by atoms with E-state index in [-0.39, 0.29) is 5.92 Å². The van der Waals surface area contributed by atoms with Gasteiger partial charge < -0.3 is 0 Å². The summed E-state index contributed by atoms with van der Waals surface area (Å²) in [6, 6.07) is 3.92. The van der Waals surface area contributed by atoms with E-state index in [1.54, 1.807) is 0 Å². The highest BCUT2D eigenvalue weighted by Crippen LogP contribution is 2.45. The van der Waals surface area contributed by atoms with Crippen LogP contribution in [0.15, 0.2) is 0 Å². The van der Waals surface area contributed by atoms with Gasteiger partial charge in [-0.25, -0.2) is 0 Å². The molecule has 0 bridgehead atoms. The van der Waals surface area contributed by atoms with E-state index in [0.717, 1.165) is 18.4 Å². The molecule has 2 aliphatic rings. The summed E-state index contributed by atoms with van der Waals surface area (Å²) in [5.74, 6) is 1.74. The average Bonchev–Trinajstić information content (AvgIpc) is 3.28. The van der Waals surface area contributed by atoms with Crippen LogP contribution in [0.5, 0.6) is 0 Å². The Labute approximate surface area is 131 Å². The second-order valence-electron chi connectivity index (χ2n) is 8.48. The van der Waals surface area contributed by atoms with Crippen LogP contribution in [0.25, 0.3) is 0 Å². The molecule has 3 unspecified atom stereocenters. The first-order chi connectivity index (χ1) is 9.89. The standard InChI is InChI=1S/C19H34N2/c1-6-19(4,5)16-8-7-15(12-20)18(11-16)21(13-14(2)3)17-9-10-17/h14-18H,6-11,13H2,1-5H3. The Balaban J connectivity index is 2.13. The molecule has 2 heteroatoms. The molecule has 0 saturated heterocycles. The van der Waals surface area contributed by atoms with Gasteiger partial charge in [0.1, 0.15) is 0 Å². The van der Waals surface area contributed by atoms with E-state index < -0.39 is 0 Å². The number of hydrogen-bond acceptors (Lipinski definition) is 2. The lowest BCUT2D eigenvalue weighted by Crippen LogP contribution is -2.48. The van der Waals surface area contributed by atoms with Crippen LogP contribution in [0.1, 0.15) is 73.1 Å². The van der Waals surface area contributed by atoms with Crippen molar-refractivity contribution in [2.45, 2.75) is 85.2 Å². The first kappa shape index (κ1) is 16.8. The average molecular weight is 290 g/mol. The van der Waals surface area contributed by atoms with Crippen LogP contribution in [0.4, 0.5) is 0 Å². The molecule has 0 spiro atoms. The van der Waals surface area contributed by atoms with Gasteiger partial charge in [0.25, 0.3) is 0 Å². The van der Waals surface area contributed by atoms with Crippen molar-refractivity contribution in [3.8, 4) is 6.07 Å². The molecule has 0 aliphatic heterocycles. The summed E-state index contributed by atoms with van der Waals surface area (Å²) in [6.07, 6.45) is 7.54. The Morgan fingerprint density at radius 3 is 2.33 bits per heavy atom. The van der Waals surface area contributed by atoms with Crippen molar-refractivity contribution >= 4 is 0 Å².